The molecule has 0 bridgehead atoms. The molecule has 0 nitrogen and oxygen atoms in total. The molecule has 4 heteroatoms. The van der Waals surface area contributed by atoms with Crippen LogP contribution in [0.25, 0.3) is 0 Å². The second-order valence-electron chi connectivity index (χ2n) is 8.30. The Hall–Kier alpha value is -1.31. The van der Waals surface area contributed by atoms with Crippen LogP contribution in [0, 0.1) is 62.7 Å². The molecule has 4 aromatic rings. The molecule has 0 saturated heterocycles. The van der Waals surface area contributed by atoms with E-state index in [1.807, 2.05) is 0 Å². The molecular weight excluding hydrogens is 745 g/mol. The molecule has 204 valence electrons. The minimum absolute atomic E-state index is 0. The predicted molar refractivity (Wildman–Crippen MR) is 170 cm³/mol. The van der Waals surface area contributed by atoms with Crippen LogP contribution in [-0.2, 0) is 38.1 Å². The Morgan fingerprint density at radius 1 is 0.350 bits per heavy atom. The van der Waals surface area contributed by atoms with Gasteiger partial charge in [-0.3, -0.25) is 0 Å². The van der Waals surface area contributed by atoms with Gasteiger partial charge in [0.15, 0.2) is 0 Å². The molecular formula is C36H32FeP2Pt. The molecule has 4 aromatic carbocycles. The Kier molecular flexibility index (Phi) is 17.2. The fourth-order valence-corrected chi connectivity index (χ4v) is 8.84. The second kappa shape index (κ2) is 19.7. The first-order chi connectivity index (χ1) is 18.9. The number of benzene rings is 4. The Labute approximate surface area is 270 Å². The third-order valence-corrected chi connectivity index (χ3v) is 10.8. The van der Waals surface area contributed by atoms with Crippen molar-refractivity contribution < 1.29 is 38.1 Å². The summed E-state index contributed by atoms with van der Waals surface area (Å²) in [7, 11) is -0.818. The molecule has 0 amide bonds. The molecule has 2 aliphatic rings. The molecule has 0 heterocycles. The van der Waals surface area contributed by atoms with Crippen molar-refractivity contribution in [3.63, 3.8) is 0 Å². The van der Waals surface area contributed by atoms with Crippen molar-refractivity contribution in [2.24, 2.45) is 0 Å². The summed E-state index contributed by atoms with van der Waals surface area (Å²) in [6, 6.07) is 43.1. The van der Waals surface area contributed by atoms with Gasteiger partial charge in [-0.2, -0.15) is 0 Å². The van der Waals surface area contributed by atoms with Gasteiger partial charge in [0.1, 0.15) is 0 Å². The molecule has 2 saturated carbocycles. The van der Waals surface area contributed by atoms with Crippen molar-refractivity contribution >= 4 is 37.1 Å². The van der Waals surface area contributed by atoms with E-state index in [1.54, 1.807) is 0 Å². The standard InChI is InChI=1S/2C17H14P.C2H4.Fe.Pt/c2*1-3-9-15(10-4-1)18(17-13-7-8-14-17)16-11-5-2-6-12-16;1-2;;/h2*1-14H;1-2H2;;. The largest absolute Gasteiger partial charge is 0.106 e. The van der Waals surface area contributed by atoms with E-state index in [1.165, 1.54) is 32.5 Å². The van der Waals surface area contributed by atoms with Crippen LogP contribution in [0.15, 0.2) is 134 Å². The van der Waals surface area contributed by atoms with Crippen LogP contribution in [0.2, 0.25) is 0 Å². The monoisotopic (exact) mass is 777 g/mol. The summed E-state index contributed by atoms with van der Waals surface area (Å²) in [4.78, 5) is 0. The Bertz CT molecular complexity index is 989. The van der Waals surface area contributed by atoms with Gasteiger partial charge in [-0.05, 0) is 88.4 Å². The quantitative estimate of drug-likeness (QED) is 0.107. The molecule has 40 heavy (non-hydrogen) atoms. The van der Waals surface area contributed by atoms with Gasteiger partial charge in [-0.15, -0.1) is 13.2 Å². The van der Waals surface area contributed by atoms with Crippen molar-refractivity contribution in [3.8, 4) is 0 Å². The van der Waals surface area contributed by atoms with Crippen LogP contribution < -0.4 is 21.2 Å². The van der Waals surface area contributed by atoms with Gasteiger partial charge in [0.05, 0.1) is 0 Å². The van der Waals surface area contributed by atoms with E-state index in [0.717, 1.165) is 0 Å². The summed E-state index contributed by atoms with van der Waals surface area (Å²) in [5.74, 6) is 0. The molecule has 2 aliphatic carbocycles. The first kappa shape index (κ1) is 34.9. The average molecular weight is 778 g/mol. The van der Waals surface area contributed by atoms with E-state index in [9.17, 15) is 0 Å². The predicted octanol–water partition coefficient (Wildman–Crippen LogP) is 7.76. The van der Waals surface area contributed by atoms with E-state index in [4.69, 9.17) is 0 Å². The van der Waals surface area contributed by atoms with Crippen molar-refractivity contribution in [2.45, 2.75) is 0 Å². The Morgan fingerprint density at radius 3 is 0.750 bits per heavy atom. The third-order valence-electron chi connectivity index (χ3n) is 5.86. The van der Waals surface area contributed by atoms with Crippen molar-refractivity contribution in [2.75, 3.05) is 0 Å². The Balaban J connectivity index is 0.000000252. The SMILES string of the molecule is C=C.[CH]1[CH][CH][C](P(c2ccccc2)c2ccccc2)[CH]1.[CH]1[CH][CH][C](P(c2ccccc2)c2ccccc2)[CH]1.[Fe].[Pt]. The molecule has 10 radical (unpaired) electrons. The van der Waals surface area contributed by atoms with E-state index >= 15 is 0 Å². The van der Waals surface area contributed by atoms with Crippen LogP contribution in [0.5, 0.6) is 0 Å². The first-order valence-corrected chi connectivity index (χ1v) is 15.3. The molecule has 6 rings (SSSR count). The van der Waals surface area contributed by atoms with Gasteiger partial charge in [0.2, 0.25) is 0 Å². The molecule has 0 N–H and O–H groups in total. The van der Waals surface area contributed by atoms with E-state index in [-0.39, 0.29) is 38.1 Å². The third kappa shape index (κ3) is 9.90. The zero-order chi connectivity index (χ0) is 26.4. The normalized spacial score (nSPS) is 14.8. The smallest absolute Gasteiger partial charge is 0.0161 e. The summed E-state index contributed by atoms with van der Waals surface area (Å²) in [6.45, 7) is 6.00. The van der Waals surface area contributed by atoms with Crippen molar-refractivity contribution in [3.05, 3.63) is 197 Å². The fraction of sp³-hybridized carbons (Fsp3) is 0. The molecule has 0 aliphatic heterocycles. The van der Waals surface area contributed by atoms with Gasteiger partial charge in [-0.1, -0.05) is 121 Å². The molecule has 0 unspecified atom stereocenters. The maximum atomic E-state index is 3.00. The maximum absolute atomic E-state index is 3.00. The van der Waals surface area contributed by atoms with E-state index in [0.29, 0.717) is 0 Å². The van der Waals surface area contributed by atoms with Gasteiger partial charge in [-0.25, -0.2) is 0 Å². The van der Waals surface area contributed by atoms with E-state index < -0.39 is 15.8 Å². The summed E-state index contributed by atoms with van der Waals surface area (Å²) in [6.07, 6.45) is 17.4. The Morgan fingerprint density at radius 2 is 0.550 bits per heavy atom. The van der Waals surface area contributed by atoms with Gasteiger partial charge >= 0.3 is 0 Å². The number of rotatable bonds is 6. The van der Waals surface area contributed by atoms with Crippen LogP contribution in [0.3, 0.4) is 0 Å². The second-order valence-corrected chi connectivity index (χ2v) is 12.7. The molecule has 0 atom stereocenters. The number of hydrogen-bond acceptors (Lipinski definition) is 0. The zero-order valence-corrected chi connectivity index (χ0v) is 27.3. The van der Waals surface area contributed by atoms with Crippen LogP contribution >= 0.6 is 15.8 Å². The van der Waals surface area contributed by atoms with Gasteiger partial charge in [0, 0.05) is 49.5 Å². The van der Waals surface area contributed by atoms with Crippen molar-refractivity contribution in [1.82, 2.24) is 0 Å². The fourth-order valence-electron chi connectivity index (χ4n) is 4.23. The summed E-state index contributed by atoms with van der Waals surface area (Å²) >= 11 is 0. The van der Waals surface area contributed by atoms with Gasteiger partial charge < -0.3 is 0 Å². The van der Waals surface area contributed by atoms with Crippen LogP contribution in [0.4, 0.5) is 0 Å². The maximum Gasteiger partial charge on any atom is 0.0161 e. The molecule has 0 spiro atoms. The van der Waals surface area contributed by atoms with Crippen molar-refractivity contribution in [1.29, 1.82) is 0 Å². The molecule has 2 fully saturated rings. The summed E-state index contributed by atoms with van der Waals surface area (Å²) in [5, 5.41) is 5.63. The van der Waals surface area contributed by atoms with Crippen LogP contribution in [0.1, 0.15) is 0 Å². The van der Waals surface area contributed by atoms with E-state index in [2.05, 4.69) is 186 Å². The van der Waals surface area contributed by atoms with Gasteiger partial charge in [0.25, 0.3) is 0 Å². The minimum Gasteiger partial charge on any atom is -0.106 e. The summed E-state index contributed by atoms with van der Waals surface area (Å²) in [5.41, 5.74) is 2.84. The topological polar surface area (TPSA) is 0 Å². The summed E-state index contributed by atoms with van der Waals surface area (Å²) < 4.78 is 0. The zero-order valence-electron chi connectivity index (χ0n) is 22.1. The average Bonchev–Trinajstić information content (AvgIpc) is 3.73. The first-order valence-electron chi connectivity index (χ1n) is 12.6. The minimum atomic E-state index is -0.409. The molecule has 0 aromatic heterocycles. The van der Waals surface area contributed by atoms with Crippen LogP contribution in [-0.4, -0.2) is 0 Å². The number of hydrogen-bond donors (Lipinski definition) is 0.